The predicted molar refractivity (Wildman–Crippen MR) is 107 cm³/mol. The number of aliphatic carboxylic acids is 1. The third-order valence-electron chi connectivity index (χ3n) is 4.83. The highest BCUT2D eigenvalue weighted by atomic mass is 35.5. The largest absolute Gasteiger partial charge is 0.480 e. The summed E-state index contributed by atoms with van der Waals surface area (Å²) in [6.45, 7) is 0.825. The van der Waals surface area contributed by atoms with E-state index in [2.05, 4.69) is 20.6 Å². The van der Waals surface area contributed by atoms with Gasteiger partial charge >= 0.3 is 5.97 Å². The van der Waals surface area contributed by atoms with Gasteiger partial charge in [0.1, 0.15) is 0 Å². The Bertz CT molecular complexity index is 1090. The number of carbonyl (C=O) groups excluding carboxylic acids is 1. The Morgan fingerprint density at radius 1 is 1.20 bits per heavy atom. The Balaban J connectivity index is 1.40. The number of ketones is 1. The molecule has 0 aliphatic carbocycles. The molecule has 30 heavy (non-hydrogen) atoms. The van der Waals surface area contributed by atoms with Gasteiger partial charge in [-0.25, -0.2) is 0 Å². The van der Waals surface area contributed by atoms with E-state index < -0.39 is 12.5 Å². The lowest BCUT2D eigenvalue weighted by Crippen LogP contribution is -2.36. The number of carbonyl (C=O) groups is 2. The summed E-state index contributed by atoms with van der Waals surface area (Å²) in [6.07, 6.45) is 1.27. The fraction of sp³-hybridized carbons (Fsp3) is 0.333. The molecule has 1 fully saturated rings. The Morgan fingerprint density at radius 3 is 2.70 bits per heavy atom. The minimum absolute atomic E-state index is 0.0118. The van der Waals surface area contributed by atoms with Gasteiger partial charge in [-0.2, -0.15) is 4.80 Å². The van der Waals surface area contributed by atoms with E-state index in [9.17, 15) is 9.59 Å². The second-order valence-electron chi connectivity index (χ2n) is 6.84. The average molecular weight is 451 g/mol. The van der Waals surface area contributed by atoms with E-state index in [1.165, 1.54) is 0 Å². The number of anilines is 1. The number of rotatable bonds is 6. The summed E-state index contributed by atoms with van der Waals surface area (Å²) in [5.74, 6) is -0.218. The van der Waals surface area contributed by atoms with Crippen LogP contribution in [0.25, 0.3) is 11.6 Å². The lowest BCUT2D eigenvalue weighted by molar-refractivity contribution is -0.138. The number of carboxylic acids is 1. The summed E-state index contributed by atoms with van der Waals surface area (Å²) in [5.41, 5.74) is 0.446. The fourth-order valence-corrected chi connectivity index (χ4v) is 3.71. The molecular formula is C18H16Cl2N6O4. The van der Waals surface area contributed by atoms with Crippen LogP contribution >= 0.6 is 23.2 Å². The minimum atomic E-state index is -1.08. The van der Waals surface area contributed by atoms with Crippen LogP contribution in [0.1, 0.15) is 23.2 Å². The maximum absolute atomic E-state index is 12.8. The van der Waals surface area contributed by atoms with Gasteiger partial charge in [-0.05, 0) is 36.3 Å². The van der Waals surface area contributed by atoms with Crippen molar-refractivity contribution >= 4 is 40.8 Å². The molecule has 1 aromatic carbocycles. The van der Waals surface area contributed by atoms with Crippen LogP contribution in [-0.4, -0.2) is 55.3 Å². The van der Waals surface area contributed by atoms with Crippen molar-refractivity contribution in [3.8, 4) is 11.6 Å². The van der Waals surface area contributed by atoms with Crippen molar-refractivity contribution in [2.75, 3.05) is 18.0 Å². The first-order chi connectivity index (χ1) is 14.4. The van der Waals surface area contributed by atoms with E-state index >= 15 is 0 Å². The van der Waals surface area contributed by atoms with E-state index in [0.29, 0.717) is 47.4 Å². The van der Waals surface area contributed by atoms with Crippen molar-refractivity contribution in [3.63, 3.8) is 0 Å². The second kappa shape index (κ2) is 8.41. The molecule has 1 N–H and O–H groups in total. The zero-order chi connectivity index (χ0) is 21.3. The Hall–Kier alpha value is -2.98. The van der Waals surface area contributed by atoms with Crippen LogP contribution < -0.4 is 4.90 Å². The number of piperidine rings is 1. The molecule has 4 rings (SSSR count). The Kier molecular flexibility index (Phi) is 5.69. The third kappa shape index (κ3) is 4.29. The number of hydrogen-bond acceptors (Lipinski definition) is 8. The van der Waals surface area contributed by atoms with Crippen LogP contribution in [0, 0.1) is 5.92 Å². The quantitative estimate of drug-likeness (QED) is 0.563. The molecule has 3 aromatic rings. The van der Waals surface area contributed by atoms with Crippen LogP contribution in [0.3, 0.4) is 0 Å². The summed E-state index contributed by atoms with van der Waals surface area (Å²) < 4.78 is 5.28. The van der Waals surface area contributed by atoms with Gasteiger partial charge in [-0.3, -0.25) is 9.59 Å². The van der Waals surface area contributed by atoms with Crippen molar-refractivity contribution in [1.29, 1.82) is 0 Å². The van der Waals surface area contributed by atoms with Gasteiger partial charge in [-0.15, -0.1) is 10.2 Å². The standard InChI is InChI=1S/C18H16Cl2N6O4/c19-11-1-2-13(20)12(7-11)17(29)10-3-5-25(6-4-10)15-8-14(30-23-15)18-21-24-26(22-18)9-16(27)28/h1-2,7-8,10H,3-6,9H2,(H,27,28). The third-order valence-corrected chi connectivity index (χ3v) is 5.40. The minimum Gasteiger partial charge on any atom is -0.480 e. The molecule has 156 valence electrons. The number of Topliss-reactive ketones (excluding diaryl/α,β-unsaturated/α-hetero) is 1. The van der Waals surface area contributed by atoms with Crippen molar-refractivity contribution in [2.45, 2.75) is 19.4 Å². The number of benzene rings is 1. The molecule has 0 spiro atoms. The van der Waals surface area contributed by atoms with Crippen LogP contribution in [0.2, 0.25) is 10.0 Å². The monoisotopic (exact) mass is 450 g/mol. The maximum atomic E-state index is 12.8. The Morgan fingerprint density at radius 2 is 1.97 bits per heavy atom. The number of halogens is 2. The normalized spacial score (nSPS) is 14.8. The molecule has 0 radical (unpaired) electrons. The van der Waals surface area contributed by atoms with Crippen molar-refractivity contribution in [1.82, 2.24) is 25.4 Å². The molecule has 1 saturated heterocycles. The van der Waals surface area contributed by atoms with E-state index in [-0.39, 0.29) is 23.3 Å². The van der Waals surface area contributed by atoms with E-state index in [4.69, 9.17) is 32.8 Å². The van der Waals surface area contributed by atoms with Crippen LogP contribution in [0.5, 0.6) is 0 Å². The number of tetrazole rings is 1. The number of hydrogen-bond donors (Lipinski definition) is 1. The molecule has 3 heterocycles. The predicted octanol–water partition coefficient (Wildman–Crippen LogP) is 2.82. The number of carboxylic acid groups (broad SMARTS) is 1. The lowest BCUT2D eigenvalue weighted by atomic mass is 9.89. The molecule has 10 nitrogen and oxygen atoms in total. The summed E-state index contributed by atoms with van der Waals surface area (Å²) in [4.78, 5) is 26.5. The van der Waals surface area contributed by atoms with Crippen molar-refractivity contribution in [2.24, 2.45) is 5.92 Å². The smallest absolute Gasteiger partial charge is 0.327 e. The molecule has 0 unspecified atom stereocenters. The summed E-state index contributed by atoms with van der Waals surface area (Å²) >= 11 is 12.2. The molecule has 0 bridgehead atoms. The molecule has 1 aliphatic rings. The molecule has 0 atom stereocenters. The number of nitrogens with zero attached hydrogens (tertiary/aromatic N) is 6. The van der Waals surface area contributed by atoms with Crippen LogP contribution in [-0.2, 0) is 11.3 Å². The van der Waals surface area contributed by atoms with Crippen molar-refractivity contribution < 1.29 is 19.2 Å². The molecular weight excluding hydrogens is 435 g/mol. The average Bonchev–Trinajstić information content (AvgIpc) is 3.38. The highest BCUT2D eigenvalue weighted by Crippen LogP contribution is 2.30. The van der Waals surface area contributed by atoms with Gasteiger partial charge in [-0.1, -0.05) is 28.4 Å². The van der Waals surface area contributed by atoms with Gasteiger partial charge in [0.2, 0.25) is 11.6 Å². The first-order valence-corrected chi connectivity index (χ1v) is 9.87. The zero-order valence-electron chi connectivity index (χ0n) is 15.5. The summed E-state index contributed by atoms with van der Waals surface area (Å²) in [6, 6.07) is 6.55. The molecule has 2 aromatic heterocycles. The van der Waals surface area contributed by atoms with Gasteiger partial charge in [0.05, 0.1) is 5.02 Å². The summed E-state index contributed by atoms with van der Waals surface area (Å²) in [7, 11) is 0. The fourth-order valence-electron chi connectivity index (χ4n) is 3.33. The van der Waals surface area contributed by atoms with Gasteiger partial charge in [0, 0.05) is 35.7 Å². The molecule has 1 aliphatic heterocycles. The Labute approximate surface area is 180 Å². The zero-order valence-corrected chi connectivity index (χ0v) is 17.0. The highest BCUT2D eigenvalue weighted by molar-refractivity contribution is 6.36. The molecule has 0 saturated carbocycles. The first kappa shape index (κ1) is 20.3. The van der Waals surface area contributed by atoms with Crippen molar-refractivity contribution in [3.05, 3.63) is 39.9 Å². The molecule has 12 heteroatoms. The first-order valence-electron chi connectivity index (χ1n) is 9.11. The SMILES string of the molecule is O=C(O)Cn1nnc(-c2cc(N3CCC(C(=O)c4cc(Cl)ccc4Cl)CC3)no2)n1. The highest BCUT2D eigenvalue weighted by Gasteiger charge is 2.28. The lowest BCUT2D eigenvalue weighted by Gasteiger charge is -2.31. The van der Waals surface area contributed by atoms with Gasteiger partial charge in [0.15, 0.2) is 18.1 Å². The topological polar surface area (TPSA) is 127 Å². The molecule has 0 amide bonds. The van der Waals surface area contributed by atoms with Gasteiger partial charge < -0.3 is 14.5 Å². The van der Waals surface area contributed by atoms with E-state index in [1.807, 2.05) is 4.90 Å². The van der Waals surface area contributed by atoms with Crippen LogP contribution in [0.15, 0.2) is 28.8 Å². The van der Waals surface area contributed by atoms with Gasteiger partial charge in [0.25, 0.3) is 0 Å². The van der Waals surface area contributed by atoms with Crippen LogP contribution in [0.4, 0.5) is 5.82 Å². The summed E-state index contributed by atoms with van der Waals surface area (Å²) in [5, 5.41) is 25.1. The second-order valence-corrected chi connectivity index (χ2v) is 7.68. The van der Waals surface area contributed by atoms with E-state index in [0.717, 1.165) is 4.80 Å². The van der Waals surface area contributed by atoms with E-state index in [1.54, 1.807) is 24.3 Å². The maximum Gasteiger partial charge on any atom is 0.327 e. The number of aromatic nitrogens is 5.